The van der Waals surface area contributed by atoms with Gasteiger partial charge in [0.05, 0.1) is 18.4 Å². The Kier molecular flexibility index (Phi) is 4.39. The number of nitrogen functional groups attached to an aromatic ring is 1. The van der Waals surface area contributed by atoms with E-state index in [0.29, 0.717) is 18.8 Å². The quantitative estimate of drug-likeness (QED) is 0.765. The zero-order valence-electron chi connectivity index (χ0n) is 11.4. The van der Waals surface area contributed by atoms with Crippen molar-refractivity contribution in [2.45, 2.75) is 13.0 Å². The lowest BCUT2D eigenvalue weighted by atomic mass is 10.2. The molecule has 0 spiro atoms. The third-order valence-corrected chi connectivity index (χ3v) is 3.23. The molecule has 1 aliphatic rings. The number of carbonyl (C=O) groups is 1. The average molecular weight is 267 g/mol. The van der Waals surface area contributed by atoms with Crippen LogP contribution in [0, 0.1) is 0 Å². The topological polar surface area (TPSA) is 85.4 Å². The van der Waals surface area contributed by atoms with Gasteiger partial charge in [-0.15, -0.1) is 0 Å². The summed E-state index contributed by atoms with van der Waals surface area (Å²) in [5.74, 6) is -0.254. The lowest BCUT2D eigenvalue weighted by molar-refractivity contribution is -0.0246. The largest absolute Gasteiger partial charge is 0.396 e. The summed E-state index contributed by atoms with van der Waals surface area (Å²) in [7, 11) is 1.73. The van der Waals surface area contributed by atoms with Gasteiger partial charge in [0.1, 0.15) is 0 Å². The fourth-order valence-corrected chi connectivity index (χ4v) is 2.16. The summed E-state index contributed by atoms with van der Waals surface area (Å²) in [4.78, 5) is 14.2. The summed E-state index contributed by atoms with van der Waals surface area (Å²) in [5.41, 5.74) is 6.37. The molecule has 106 valence electrons. The summed E-state index contributed by atoms with van der Waals surface area (Å²) < 4.78 is 7.15. The van der Waals surface area contributed by atoms with Crippen LogP contribution >= 0.6 is 0 Å². The number of nitrogens with two attached hydrogens (primary N) is 1. The number of likely N-dealkylation sites (N-methyl/N-ethyl adjacent to an activating group) is 1. The maximum atomic E-state index is 11.9. The Bertz CT molecular complexity index is 445. The third kappa shape index (κ3) is 3.45. The van der Waals surface area contributed by atoms with Gasteiger partial charge in [0, 0.05) is 32.9 Å². The minimum absolute atomic E-state index is 0.0302. The van der Waals surface area contributed by atoms with Crippen LogP contribution in [-0.4, -0.2) is 59.5 Å². The Morgan fingerprint density at radius 1 is 1.68 bits per heavy atom. The van der Waals surface area contributed by atoms with Crippen LogP contribution in [0.25, 0.3) is 0 Å². The summed E-state index contributed by atoms with van der Waals surface area (Å²) in [6, 6.07) is 0. The van der Waals surface area contributed by atoms with Gasteiger partial charge in [0.2, 0.25) is 0 Å². The van der Waals surface area contributed by atoms with Crippen molar-refractivity contribution in [1.82, 2.24) is 20.0 Å². The minimum atomic E-state index is -0.254. The first-order valence-corrected chi connectivity index (χ1v) is 6.51. The fraction of sp³-hybridized carbons (Fsp3) is 0.667. The van der Waals surface area contributed by atoms with Crippen LogP contribution in [0.2, 0.25) is 0 Å². The Morgan fingerprint density at radius 2 is 2.47 bits per heavy atom. The first-order chi connectivity index (χ1) is 9.10. The molecule has 1 aliphatic heterocycles. The van der Waals surface area contributed by atoms with Crippen molar-refractivity contribution in [3.63, 3.8) is 0 Å². The molecule has 1 atom stereocenters. The van der Waals surface area contributed by atoms with E-state index in [0.717, 1.165) is 19.6 Å². The Morgan fingerprint density at radius 3 is 3.11 bits per heavy atom. The fourth-order valence-electron chi connectivity index (χ4n) is 2.16. The lowest BCUT2D eigenvalue weighted by Gasteiger charge is -2.32. The molecule has 3 N–H and O–H groups in total. The van der Waals surface area contributed by atoms with Crippen LogP contribution in [0.3, 0.4) is 0 Å². The second kappa shape index (κ2) is 6.03. The van der Waals surface area contributed by atoms with Crippen LogP contribution < -0.4 is 11.1 Å². The molecule has 1 saturated heterocycles. The number of hydrogen-bond donors (Lipinski definition) is 2. The molecule has 0 aliphatic carbocycles. The van der Waals surface area contributed by atoms with Crippen LogP contribution in [0.1, 0.15) is 17.4 Å². The number of nitrogens with one attached hydrogen (secondary N) is 1. The molecule has 0 saturated carbocycles. The van der Waals surface area contributed by atoms with Crippen LogP contribution in [0.15, 0.2) is 6.20 Å². The molecule has 1 aromatic heterocycles. The normalized spacial score (nSPS) is 20.4. The maximum absolute atomic E-state index is 11.9. The molecular formula is C12H21N5O2. The van der Waals surface area contributed by atoms with Crippen molar-refractivity contribution in [1.29, 1.82) is 0 Å². The van der Waals surface area contributed by atoms with E-state index in [4.69, 9.17) is 10.5 Å². The van der Waals surface area contributed by atoms with Crippen molar-refractivity contribution in [2.24, 2.45) is 7.05 Å². The number of anilines is 1. The number of nitrogens with zero attached hydrogens (tertiary/aromatic N) is 3. The van der Waals surface area contributed by atoms with Gasteiger partial charge >= 0.3 is 0 Å². The molecule has 1 aromatic rings. The number of ether oxygens (including phenoxy) is 1. The standard InChI is InChI=1S/C12H21N5O2/c1-3-17-4-5-19-9(7-17)6-14-12(18)11-10(13)8-16(2)15-11/h8-9H,3-7,13H2,1-2H3,(H,14,18). The Hall–Kier alpha value is -1.60. The van der Waals surface area contributed by atoms with Crippen LogP contribution in [0.5, 0.6) is 0 Å². The monoisotopic (exact) mass is 267 g/mol. The number of aryl methyl sites for hydroxylation is 1. The molecule has 0 aromatic carbocycles. The molecule has 2 rings (SSSR count). The number of rotatable bonds is 4. The van der Waals surface area contributed by atoms with Gasteiger partial charge in [-0.3, -0.25) is 14.4 Å². The van der Waals surface area contributed by atoms with Gasteiger partial charge in [0.25, 0.3) is 5.91 Å². The van der Waals surface area contributed by atoms with E-state index >= 15 is 0 Å². The summed E-state index contributed by atoms with van der Waals surface area (Å²) in [5, 5.41) is 6.85. The Labute approximate surface area is 112 Å². The zero-order chi connectivity index (χ0) is 13.8. The highest BCUT2D eigenvalue weighted by Crippen LogP contribution is 2.08. The molecule has 2 heterocycles. The summed E-state index contributed by atoms with van der Waals surface area (Å²) in [6.07, 6.45) is 1.65. The number of carbonyl (C=O) groups excluding carboxylic acids is 1. The molecule has 1 fully saturated rings. The summed E-state index contributed by atoms with van der Waals surface area (Å²) >= 11 is 0. The van der Waals surface area contributed by atoms with E-state index in [9.17, 15) is 4.79 Å². The van der Waals surface area contributed by atoms with Crippen molar-refractivity contribution >= 4 is 11.6 Å². The second-order valence-electron chi connectivity index (χ2n) is 4.70. The molecule has 0 radical (unpaired) electrons. The van der Waals surface area contributed by atoms with Gasteiger partial charge in [0.15, 0.2) is 5.69 Å². The van der Waals surface area contributed by atoms with Crippen LogP contribution in [-0.2, 0) is 11.8 Å². The van der Waals surface area contributed by atoms with E-state index in [1.165, 1.54) is 4.68 Å². The van der Waals surface area contributed by atoms with Gasteiger partial charge < -0.3 is 15.8 Å². The summed E-state index contributed by atoms with van der Waals surface area (Å²) in [6.45, 7) is 6.10. The van der Waals surface area contributed by atoms with Gasteiger partial charge in [-0.1, -0.05) is 6.92 Å². The number of morpholine rings is 1. The van der Waals surface area contributed by atoms with E-state index in [1.807, 2.05) is 0 Å². The first kappa shape index (κ1) is 13.8. The van der Waals surface area contributed by atoms with Gasteiger partial charge in [-0.05, 0) is 6.54 Å². The average Bonchev–Trinajstić information content (AvgIpc) is 2.75. The lowest BCUT2D eigenvalue weighted by Crippen LogP contribution is -2.47. The molecule has 0 bridgehead atoms. The zero-order valence-corrected chi connectivity index (χ0v) is 11.4. The smallest absolute Gasteiger partial charge is 0.274 e. The third-order valence-electron chi connectivity index (χ3n) is 3.23. The molecule has 1 unspecified atom stereocenters. The van der Waals surface area contributed by atoms with Crippen molar-refractivity contribution in [3.8, 4) is 0 Å². The highest BCUT2D eigenvalue weighted by molar-refractivity contribution is 5.96. The number of aromatic nitrogens is 2. The van der Waals surface area contributed by atoms with Crippen molar-refractivity contribution in [3.05, 3.63) is 11.9 Å². The number of amides is 1. The minimum Gasteiger partial charge on any atom is -0.396 e. The van der Waals surface area contributed by atoms with Crippen molar-refractivity contribution in [2.75, 3.05) is 38.5 Å². The second-order valence-corrected chi connectivity index (χ2v) is 4.70. The Balaban J connectivity index is 1.85. The van der Waals surface area contributed by atoms with E-state index in [2.05, 4.69) is 22.2 Å². The molecule has 1 amide bonds. The van der Waals surface area contributed by atoms with Crippen LogP contribution in [0.4, 0.5) is 5.69 Å². The predicted molar refractivity (Wildman–Crippen MR) is 71.8 cm³/mol. The van der Waals surface area contributed by atoms with E-state index in [1.54, 1.807) is 13.2 Å². The van der Waals surface area contributed by atoms with Gasteiger partial charge in [-0.2, -0.15) is 5.10 Å². The van der Waals surface area contributed by atoms with Crippen molar-refractivity contribution < 1.29 is 9.53 Å². The molecule has 7 nitrogen and oxygen atoms in total. The first-order valence-electron chi connectivity index (χ1n) is 6.51. The highest BCUT2D eigenvalue weighted by atomic mass is 16.5. The van der Waals surface area contributed by atoms with E-state index < -0.39 is 0 Å². The maximum Gasteiger partial charge on any atom is 0.274 e. The van der Waals surface area contributed by atoms with E-state index in [-0.39, 0.29) is 17.7 Å². The molecule has 19 heavy (non-hydrogen) atoms. The SMILES string of the molecule is CCN1CCOC(CNC(=O)c2nn(C)cc2N)C1. The van der Waals surface area contributed by atoms with Gasteiger partial charge in [-0.25, -0.2) is 0 Å². The highest BCUT2D eigenvalue weighted by Gasteiger charge is 2.21. The number of hydrogen-bond acceptors (Lipinski definition) is 5. The predicted octanol–water partition coefficient (Wildman–Crippen LogP) is -0.547. The molecular weight excluding hydrogens is 246 g/mol. The molecule has 7 heteroatoms.